The van der Waals surface area contributed by atoms with Crippen LogP contribution in [0.5, 0.6) is 0 Å². The van der Waals surface area contributed by atoms with E-state index in [4.69, 9.17) is 4.74 Å². The molecule has 0 saturated carbocycles. The van der Waals surface area contributed by atoms with Crippen molar-refractivity contribution in [2.75, 3.05) is 24.6 Å². The Morgan fingerprint density at radius 3 is 2.67 bits per heavy atom. The van der Waals surface area contributed by atoms with Crippen molar-refractivity contribution < 1.29 is 4.74 Å². The number of rotatable bonds is 5. The minimum absolute atomic E-state index is 0.194. The molecule has 3 heterocycles. The molecular weight excluding hydrogens is 374 g/mol. The molecule has 1 unspecified atom stereocenters. The van der Waals surface area contributed by atoms with Crippen LogP contribution in [0.4, 0.5) is 5.95 Å². The predicted molar refractivity (Wildman–Crippen MR) is 120 cm³/mol. The number of anilines is 1. The van der Waals surface area contributed by atoms with E-state index in [1.54, 1.807) is 0 Å². The highest BCUT2D eigenvalue weighted by Gasteiger charge is 2.25. The zero-order chi connectivity index (χ0) is 20.5. The fourth-order valence-electron chi connectivity index (χ4n) is 4.34. The van der Waals surface area contributed by atoms with E-state index in [0.29, 0.717) is 0 Å². The van der Waals surface area contributed by atoms with E-state index < -0.39 is 0 Å². The fourth-order valence-corrected chi connectivity index (χ4v) is 4.34. The first kappa shape index (κ1) is 18.9. The molecule has 1 aliphatic rings. The molecule has 1 atom stereocenters. The van der Waals surface area contributed by atoms with Crippen LogP contribution in [0.1, 0.15) is 12.5 Å². The average Bonchev–Trinajstić information content (AvgIpc) is 3.34. The number of nitrogens with zero attached hydrogens (tertiary/aromatic N) is 5. The van der Waals surface area contributed by atoms with E-state index in [-0.39, 0.29) is 6.10 Å². The summed E-state index contributed by atoms with van der Waals surface area (Å²) in [7, 11) is 2.08. The van der Waals surface area contributed by atoms with Gasteiger partial charge in [0, 0.05) is 49.3 Å². The van der Waals surface area contributed by atoms with Gasteiger partial charge in [-0.25, -0.2) is 0 Å². The highest BCUT2D eigenvalue weighted by atomic mass is 16.5. The largest absolute Gasteiger partial charge is 0.375 e. The molecule has 0 N–H and O–H groups in total. The third-order valence-corrected chi connectivity index (χ3v) is 5.86. The third-order valence-electron chi connectivity index (χ3n) is 5.86. The van der Waals surface area contributed by atoms with Crippen molar-refractivity contribution in [1.29, 1.82) is 0 Å². The lowest BCUT2D eigenvalue weighted by Gasteiger charge is -2.32. The van der Waals surface area contributed by atoms with E-state index in [0.717, 1.165) is 50.0 Å². The van der Waals surface area contributed by atoms with Crippen LogP contribution in [-0.4, -0.2) is 45.1 Å². The minimum atomic E-state index is 0.194. The van der Waals surface area contributed by atoms with Gasteiger partial charge in [0.25, 0.3) is 0 Å². The quantitative estimate of drug-likeness (QED) is 0.509. The van der Waals surface area contributed by atoms with Gasteiger partial charge >= 0.3 is 0 Å². The van der Waals surface area contributed by atoms with Crippen LogP contribution in [0, 0.1) is 0 Å². The van der Waals surface area contributed by atoms with Crippen LogP contribution < -0.4 is 4.90 Å². The molecule has 0 spiro atoms. The van der Waals surface area contributed by atoms with Crippen LogP contribution in [0.3, 0.4) is 0 Å². The summed E-state index contributed by atoms with van der Waals surface area (Å²) in [6.07, 6.45) is 3.29. The van der Waals surface area contributed by atoms with Gasteiger partial charge in [-0.15, -0.1) is 10.2 Å². The molecular formula is C24H27N5O. The number of aryl methyl sites for hydroxylation is 2. The SMILES string of the molecule is CC1CN(c2nnc(-c3cn(C)c4ccccc34)n2CCc2ccccc2)CCO1. The molecule has 30 heavy (non-hydrogen) atoms. The van der Waals surface area contributed by atoms with Gasteiger partial charge in [-0.2, -0.15) is 0 Å². The highest BCUT2D eigenvalue weighted by molar-refractivity contribution is 5.94. The normalized spacial score (nSPS) is 17.0. The van der Waals surface area contributed by atoms with Crippen molar-refractivity contribution in [2.24, 2.45) is 7.05 Å². The van der Waals surface area contributed by atoms with Gasteiger partial charge in [-0.3, -0.25) is 4.57 Å². The summed E-state index contributed by atoms with van der Waals surface area (Å²) in [5.41, 5.74) is 3.64. The summed E-state index contributed by atoms with van der Waals surface area (Å²) >= 11 is 0. The van der Waals surface area contributed by atoms with E-state index in [9.17, 15) is 0 Å². The molecule has 0 aliphatic carbocycles. The Kier molecular flexibility index (Phi) is 5.01. The summed E-state index contributed by atoms with van der Waals surface area (Å²) in [5.74, 6) is 1.86. The molecule has 0 radical (unpaired) electrons. The van der Waals surface area contributed by atoms with Crippen LogP contribution in [0.2, 0.25) is 0 Å². The maximum atomic E-state index is 5.75. The summed E-state index contributed by atoms with van der Waals surface area (Å²) in [5, 5.41) is 10.5. The first-order chi connectivity index (χ1) is 14.7. The summed E-state index contributed by atoms with van der Waals surface area (Å²) in [4.78, 5) is 2.31. The standard InChI is InChI=1S/C24H27N5O/c1-18-16-28(14-15-30-18)24-26-25-23(29(24)13-12-19-8-4-3-5-9-19)21-17-27(2)22-11-7-6-10-20(21)22/h3-11,17-18H,12-16H2,1-2H3. The molecule has 5 rings (SSSR count). The third kappa shape index (κ3) is 3.48. The maximum Gasteiger partial charge on any atom is 0.227 e. The Balaban J connectivity index is 1.58. The second-order valence-electron chi connectivity index (χ2n) is 8.01. The van der Waals surface area contributed by atoms with Crippen molar-refractivity contribution in [3.63, 3.8) is 0 Å². The number of benzene rings is 2. The van der Waals surface area contributed by atoms with Crippen LogP contribution in [0.15, 0.2) is 60.8 Å². The van der Waals surface area contributed by atoms with E-state index >= 15 is 0 Å². The number of morpholine rings is 1. The topological polar surface area (TPSA) is 48.1 Å². The zero-order valence-corrected chi connectivity index (χ0v) is 17.5. The number of para-hydroxylation sites is 1. The predicted octanol–water partition coefficient (Wildman–Crippen LogP) is 3.90. The molecule has 1 aliphatic heterocycles. The van der Waals surface area contributed by atoms with Gasteiger partial charge in [0.1, 0.15) is 0 Å². The molecule has 0 amide bonds. The van der Waals surface area contributed by atoms with Crippen molar-refractivity contribution in [2.45, 2.75) is 26.0 Å². The highest BCUT2D eigenvalue weighted by Crippen LogP contribution is 2.31. The van der Waals surface area contributed by atoms with Gasteiger partial charge in [-0.1, -0.05) is 48.5 Å². The molecule has 2 aromatic carbocycles. The molecule has 1 saturated heterocycles. The monoisotopic (exact) mass is 401 g/mol. The van der Waals surface area contributed by atoms with Crippen molar-refractivity contribution in [3.8, 4) is 11.4 Å². The Bertz CT molecular complexity index is 1150. The fraction of sp³-hybridized carbons (Fsp3) is 0.333. The second-order valence-corrected chi connectivity index (χ2v) is 8.01. The van der Waals surface area contributed by atoms with E-state index in [1.807, 2.05) is 0 Å². The first-order valence-electron chi connectivity index (χ1n) is 10.6. The number of hydrogen-bond donors (Lipinski definition) is 0. The Morgan fingerprint density at radius 1 is 1.03 bits per heavy atom. The molecule has 6 heteroatoms. The van der Waals surface area contributed by atoms with Gasteiger partial charge in [-0.05, 0) is 25.0 Å². The van der Waals surface area contributed by atoms with Crippen molar-refractivity contribution in [1.82, 2.24) is 19.3 Å². The molecule has 0 bridgehead atoms. The van der Waals surface area contributed by atoms with Gasteiger partial charge in [0.2, 0.25) is 5.95 Å². The van der Waals surface area contributed by atoms with Gasteiger partial charge in [0.15, 0.2) is 5.82 Å². The molecule has 2 aromatic heterocycles. The van der Waals surface area contributed by atoms with Crippen LogP contribution in [0.25, 0.3) is 22.3 Å². The zero-order valence-electron chi connectivity index (χ0n) is 17.5. The van der Waals surface area contributed by atoms with Crippen molar-refractivity contribution >= 4 is 16.9 Å². The lowest BCUT2D eigenvalue weighted by Crippen LogP contribution is -2.42. The van der Waals surface area contributed by atoms with E-state index in [1.165, 1.54) is 16.5 Å². The first-order valence-corrected chi connectivity index (χ1v) is 10.6. The van der Waals surface area contributed by atoms with E-state index in [2.05, 4.69) is 99.0 Å². The van der Waals surface area contributed by atoms with Gasteiger partial charge < -0.3 is 14.2 Å². The number of aromatic nitrogens is 4. The van der Waals surface area contributed by atoms with Gasteiger partial charge in [0.05, 0.1) is 12.7 Å². The second kappa shape index (κ2) is 7.95. The number of ether oxygens (including phenoxy) is 1. The summed E-state index contributed by atoms with van der Waals surface area (Å²) in [6.45, 7) is 5.33. The summed E-state index contributed by atoms with van der Waals surface area (Å²) in [6, 6.07) is 19.1. The molecule has 154 valence electrons. The Morgan fingerprint density at radius 2 is 1.83 bits per heavy atom. The molecule has 6 nitrogen and oxygen atoms in total. The Labute approximate surface area is 176 Å². The molecule has 1 fully saturated rings. The average molecular weight is 402 g/mol. The molecule has 4 aromatic rings. The van der Waals surface area contributed by atoms with Crippen LogP contribution >= 0.6 is 0 Å². The lowest BCUT2D eigenvalue weighted by atomic mass is 10.1. The smallest absolute Gasteiger partial charge is 0.227 e. The summed E-state index contributed by atoms with van der Waals surface area (Å²) < 4.78 is 10.2. The maximum absolute atomic E-state index is 5.75. The lowest BCUT2D eigenvalue weighted by molar-refractivity contribution is 0.0524. The minimum Gasteiger partial charge on any atom is -0.375 e. The van der Waals surface area contributed by atoms with Crippen molar-refractivity contribution in [3.05, 3.63) is 66.4 Å². The Hall–Kier alpha value is -3.12. The number of fused-ring (bicyclic) bond motifs is 1. The number of hydrogen-bond acceptors (Lipinski definition) is 4. The van der Waals surface area contributed by atoms with Crippen LogP contribution in [-0.2, 0) is 24.8 Å².